The van der Waals surface area contributed by atoms with Crippen LogP contribution in [0.5, 0.6) is 0 Å². The van der Waals surface area contributed by atoms with Gasteiger partial charge in [0.05, 0.1) is 0 Å². The van der Waals surface area contributed by atoms with E-state index in [0.717, 1.165) is 16.7 Å². The number of guanidine groups is 2. The molecule has 0 saturated heterocycles. The lowest BCUT2D eigenvalue weighted by Crippen LogP contribution is -2.48. The van der Waals surface area contributed by atoms with Crippen molar-refractivity contribution in [3.8, 4) is 0 Å². The molecular formula is C47H64FN7O9. The van der Waals surface area contributed by atoms with Crippen molar-refractivity contribution in [2.24, 2.45) is 9.98 Å². The lowest BCUT2D eigenvalue weighted by atomic mass is 9.93. The van der Waals surface area contributed by atoms with E-state index in [-0.39, 0.29) is 30.6 Å². The Bertz CT molecular complexity index is 2220. The summed E-state index contributed by atoms with van der Waals surface area (Å²) in [6.45, 7) is 23.9. The minimum Gasteiger partial charge on any atom is -0.444 e. The third kappa shape index (κ3) is 16.1. The van der Waals surface area contributed by atoms with Gasteiger partial charge in [-0.1, -0.05) is 31.2 Å². The van der Waals surface area contributed by atoms with Gasteiger partial charge in [-0.3, -0.25) is 15.4 Å². The molecule has 4 rings (SSSR count). The molecule has 64 heavy (non-hydrogen) atoms. The second kappa shape index (κ2) is 20.5. The molecule has 2 heterocycles. The fraction of sp³-hybridized carbons (Fsp3) is 0.511. The molecule has 0 bridgehead atoms. The van der Waals surface area contributed by atoms with E-state index in [2.05, 4.69) is 25.9 Å². The van der Waals surface area contributed by atoms with E-state index in [1.165, 1.54) is 6.07 Å². The van der Waals surface area contributed by atoms with Gasteiger partial charge in [0.25, 0.3) is 5.91 Å². The van der Waals surface area contributed by atoms with Crippen LogP contribution in [0.25, 0.3) is 11.1 Å². The van der Waals surface area contributed by atoms with Crippen molar-refractivity contribution in [1.82, 2.24) is 20.4 Å². The Morgan fingerprint density at radius 2 is 1.06 bits per heavy atom. The first kappa shape index (κ1) is 50.4. The summed E-state index contributed by atoms with van der Waals surface area (Å²) in [6.07, 6.45) is 2.05. The van der Waals surface area contributed by atoms with Gasteiger partial charge in [0.1, 0.15) is 28.2 Å². The van der Waals surface area contributed by atoms with E-state index in [0.29, 0.717) is 49.2 Å². The van der Waals surface area contributed by atoms with Gasteiger partial charge < -0.3 is 34.1 Å². The van der Waals surface area contributed by atoms with Crippen molar-refractivity contribution in [2.75, 3.05) is 31.5 Å². The Morgan fingerprint density at radius 1 is 0.625 bits per heavy atom. The lowest BCUT2D eigenvalue weighted by Gasteiger charge is -2.30. The quantitative estimate of drug-likeness (QED) is 0.147. The standard InChI is InChI=1S/C47H64FN7O9/c1-14-29-27-33(16-18-34(29)30-19-23-54(24-20-30)38(50-40(57)61-44(2,3)4)51-41(58)62-45(5,6)7)49-37(56)32-15-17-35(36(48)28-32)31-21-25-55(26-22-31)39(52-42(59)63-46(8,9)10)53-43(60)64-47(11,12)13/h15-19,21,27-28H,14,20,22-26H2,1-13H3,(H,49,56)(H,50,51,57,58)(H,52,53,59,60). The number of hydrogen-bond donors (Lipinski definition) is 3. The fourth-order valence-corrected chi connectivity index (χ4v) is 6.50. The molecule has 0 saturated carbocycles. The van der Waals surface area contributed by atoms with E-state index in [1.807, 2.05) is 25.1 Å². The largest absolute Gasteiger partial charge is 0.444 e. The average molecular weight is 890 g/mol. The summed E-state index contributed by atoms with van der Waals surface area (Å²) in [4.78, 5) is 75.5. The SMILES string of the molecule is CCc1cc(NC(=O)c2ccc(C3=CCN(C(=NC(=O)OC(C)(C)C)NC(=O)OC(C)(C)C)CC3)c(F)c2)ccc1C1=CCN(C(=NC(=O)OC(C)(C)C)NC(=O)OC(C)(C)C)CC1. The topological polar surface area (TPSA) is 190 Å². The van der Waals surface area contributed by atoms with Gasteiger partial charge >= 0.3 is 24.4 Å². The highest BCUT2D eigenvalue weighted by atomic mass is 19.1. The summed E-state index contributed by atoms with van der Waals surface area (Å²) in [6, 6.07) is 9.93. The molecule has 348 valence electrons. The average Bonchev–Trinajstić information content (AvgIpc) is 3.14. The number of nitrogens with one attached hydrogen (secondary N) is 3. The Morgan fingerprint density at radius 3 is 1.45 bits per heavy atom. The summed E-state index contributed by atoms with van der Waals surface area (Å²) in [5.41, 5.74) is 1.54. The molecule has 0 unspecified atom stereocenters. The zero-order valence-electron chi connectivity index (χ0n) is 39.4. The number of halogens is 1. The number of rotatable bonds is 5. The predicted molar refractivity (Wildman–Crippen MR) is 245 cm³/mol. The first-order valence-electron chi connectivity index (χ1n) is 21.3. The molecule has 2 aromatic carbocycles. The second-order valence-electron chi connectivity index (χ2n) is 19.3. The van der Waals surface area contributed by atoms with Crippen LogP contribution in [0.3, 0.4) is 0 Å². The van der Waals surface area contributed by atoms with Crippen molar-refractivity contribution in [3.63, 3.8) is 0 Å². The molecular weight excluding hydrogens is 826 g/mol. The minimum absolute atomic E-state index is 0.0181. The normalized spacial score (nSPS) is 15.3. The molecule has 0 spiro atoms. The van der Waals surface area contributed by atoms with Gasteiger partial charge in [0.2, 0.25) is 11.9 Å². The van der Waals surface area contributed by atoms with Crippen LogP contribution in [0.1, 0.15) is 130 Å². The third-order valence-electron chi connectivity index (χ3n) is 9.09. The summed E-state index contributed by atoms with van der Waals surface area (Å²) < 4.78 is 37.2. The van der Waals surface area contributed by atoms with Crippen LogP contribution >= 0.6 is 0 Å². The van der Waals surface area contributed by atoms with Crippen LogP contribution in [-0.2, 0) is 25.4 Å². The molecule has 2 aliphatic rings. The summed E-state index contributed by atoms with van der Waals surface area (Å²) in [5, 5.41) is 8.05. The molecule has 0 atom stereocenters. The van der Waals surface area contributed by atoms with Crippen molar-refractivity contribution >= 4 is 59.0 Å². The number of carbonyl (C=O) groups excluding carboxylic acids is 5. The maximum absolute atomic E-state index is 15.7. The number of amides is 5. The van der Waals surface area contributed by atoms with E-state index >= 15 is 4.39 Å². The monoisotopic (exact) mass is 889 g/mol. The molecule has 2 aromatic rings. The fourth-order valence-electron chi connectivity index (χ4n) is 6.50. The Kier molecular flexibility index (Phi) is 16.1. The van der Waals surface area contributed by atoms with Crippen molar-refractivity contribution in [3.05, 3.63) is 76.6 Å². The van der Waals surface area contributed by atoms with Crippen LogP contribution in [0.15, 0.2) is 58.5 Å². The van der Waals surface area contributed by atoms with Gasteiger partial charge in [-0.2, -0.15) is 0 Å². The van der Waals surface area contributed by atoms with E-state index in [4.69, 9.17) is 18.9 Å². The molecule has 0 fully saturated rings. The van der Waals surface area contributed by atoms with Crippen LogP contribution in [0.4, 0.5) is 29.3 Å². The van der Waals surface area contributed by atoms with E-state index in [1.54, 1.807) is 117 Å². The highest BCUT2D eigenvalue weighted by Crippen LogP contribution is 2.30. The van der Waals surface area contributed by atoms with Gasteiger partial charge in [-0.05, 0) is 149 Å². The van der Waals surface area contributed by atoms with Crippen LogP contribution in [0.2, 0.25) is 0 Å². The number of carbonyl (C=O) groups is 5. The van der Waals surface area contributed by atoms with Crippen LogP contribution in [0, 0.1) is 5.82 Å². The number of anilines is 1. The van der Waals surface area contributed by atoms with Gasteiger partial charge in [0.15, 0.2) is 0 Å². The number of aliphatic imine (C=N–C) groups is 2. The predicted octanol–water partition coefficient (Wildman–Crippen LogP) is 9.45. The lowest BCUT2D eigenvalue weighted by molar-refractivity contribution is 0.0536. The molecule has 2 aliphatic heterocycles. The zero-order valence-corrected chi connectivity index (χ0v) is 39.4. The molecule has 0 aromatic heterocycles. The van der Waals surface area contributed by atoms with Crippen LogP contribution in [-0.4, -0.2) is 101 Å². The molecule has 0 aliphatic carbocycles. The summed E-state index contributed by atoms with van der Waals surface area (Å²) >= 11 is 0. The molecule has 3 N–H and O–H groups in total. The maximum atomic E-state index is 15.7. The zero-order chi connectivity index (χ0) is 47.8. The number of aryl methyl sites for hydroxylation is 1. The second-order valence-corrected chi connectivity index (χ2v) is 19.3. The molecule has 17 heteroatoms. The summed E-state index contributed by atoms with van der Waals surface area (Å²) in [7, 11) is 0. The minimum atomic E-state index is -0.889. The number of benzene rings is 2. The molecule has 0 radical (unpaired) electrons. The van der Waals surface area contributed by atoms with E-state index < -0.39 is 58.5 Å². The van der Waals surface area contributed by atoms with Gasteiger partial charge in [0, 0.05) is 43.0 Å². The van der Waals surface area contributed by atoms with Gasteiger partial charge in [-0.25, -0.2) is 23.6 Å². The number of alkyl carbamates (subject to hydrolysis) is 2. The molecule has 5 amide bonds. The van der Waals surface area contributed by atoms with Crippen LogP contribution < -0.4 is 16.0 Å². The highest BCUT2D eigenvalue weighted by molar-refractivity contribution is 6.05. The first-order valence-corrected chi connectivity index (χ1v) is 21.3. The van der Waals surface area contributed by atoms with Crippen molar-refractivity contribution < 1.29 is 47.3 Å². The number of hydrogen-bond acceptors (Lipinski definition) is 9. The molecule has 16 nitrogen and oxygen atoms in total. The first-order chi connectivity index (χ1) is 29.6. The number of ether oxygens (including phenoxy) is 4. The Balaban J connectivity index is 1.45. The highest BCUT2D eigenvalue weighted by Gasteiger charge is 2.28. The van der Waals surface area contributed by atoms with Crippen molar-refractivity contribution in [2.45, 2.75) is 132 Å². The summed E-state index contributed by atoms with van der Waals surface area (Å²) in [5.74, 6) is -1.10. The van der Waals surface area contributed by atoms with Crippen molar-refractivity contribution in [1.29, 1.82) is 0 Å². The Hall–Kier alpha value is -6.26. The number of nitrogens with zero attached hydrogens (tertiary/aromatic N) is 4. The van der Waals surface area contributed by atoms with Gasteiger partial charge in [-0.15, -0.1) is 9.98 Å². The smallest absolute Gasteiger partial charge is 0.437 e. The van der Waals surface area contributed by atoms with E-state index in [9.17, 15) is 24.0 Å². The third-order valence-corrected chi connectivity index (χ3v) is 9.09. The Labute approximate surface area is 375 Å². The maximum Gasteiger partial charge on any atom is 0.437 e.